The minimum absolute atomic E-state index is 0.0915. The molecule has 0 radical (unpaired) electrons. The maximum Gasteiger partial charge on any atom is 0.258 e. The van der Waals surface area contributed by atoms with Crippen LogP contribution in [0, 0.1) is 5.92 Å². The van der Waals surface area contributed by atoms with Crippen molar-refractivity contribution in [3.8, 4) is 11.5 Å². The highest BCUT2D eigenvalue weighted by atomic mass is 35.5. The second kappa shape index (κ2) is 6.92. The predicted molar refractivity (Wildman–Crippen MR) is 83.2 cm³/mol. The minimum Gasteiger partial charge on any atom is -0.348 e. The van der Waals surface area contributed by atoms with Crippen LogP contribution in [0.5, 0.6) is 0 Å². The number of hydrogen-bond donors (Lipinski definition) is 1. The number of hydrogen-bond acceptors (Lipinski definition) is 4. The van der Waals surface area contributed by atoms with Gasteiger partial charge in [0.1, 0.15) is 0 Å². The summed E-state index contributed by atoms with van der Waals surface area (Å²) in [5.41, 5.74) is 0.768. The first-order valence-electron chi connectivity index (χ1n) is 7.58. The lowest BCUT2D eigenvalue weighted by Crippen LogP contribution is -2.31. The summed E-state index contributed by atoms with van der Waals surface area (Å²) in [6, 6.07) is 7.22. The second-order valence-electron chi connectivity index (χ2n) is 5.58. The van der Waals surface area contributed by atoms with E-state index >= 15 is 0 Å². The Bertz CT molecular complexity index is 650. The van der Waals surface area contributed by atoms with E-state index in [0.717, 1.165) is 31.2 Å². The molecule has 0 saturated heterocycles. The summed E-state index contributed by atoms with van der Waals surface area (Å²) in [5, 5.41) is 7.40. The SMILES string of the molecule is O=C(NCc1noc(-c2cccc(Cl)c2)n1)C1CCCCC1. The van der Waals surface area contributed by atoms with Crippen LogP contribution in [0.1, 0.15) is 37.9 Å². The van der Waals surface area contributed by atoms with Crippen LogP contribution in [-0.2, 0) is 11.3 Å². The van der Waals surface area contributed by atoms with Crippen molar-refractivity contribution in [1.29, 1.82) is 0 Å². The summed E-state index contributed by atoms with van der Waals surface area (Å²) >= 11 is 5.94. The van der Waals surface area contributed by atoms with Crippen LogP contribution < -0.4 is 5.32 Å². The molecule has 5 nitrogen and oxygen atoms in total. The van der Waals surface area contributed by atoms with Gasteiger partial charge in [-0.3, -0.25) is 4.79 Å². The van der Waals surface area contributed by atoms with E-state index in [4.69, 9.17) is 16.1 Å². The van der Waals surface area contributed by atoms with Crippen molar-refractivity contribution in [2.75, 3.05) is 0 Å². The molecule has 1 saturated carbocycles. The van der Waals surface area contributed by atoms with E-state index in [1.807, 2.05) is 12.1 Å². The van der Waals surface area contributed by atoms with E-state index in [1.54, 1.807) is 12.1 Å². The molecular formula is C16H18ClN3O2. The largest absolute Gasteiger partial charge is 0.348 e. The first kappa shape index (κ1) is 15.0. The van der Waals surface area contributed by atoms with E-state index in [9.17, 15) is 4.79 Å². The standard InChI is InChI=1S/C16H18ClN3O2/c17-13-8-4-7-12(9-13)16-19-14(20-22-16)10-18-15(21)11-5-2-1-3-6-11/h4,7-9,11H,1-3,5-6,10H2,(H,18,21). The molecule has 116 valence electrons. The third-order valence-corrected chi connectivity index (χ3v) is 4.17. The topological polar surface area (TPSA) is 68.0 Å². The van der Waals surface area contributed by atoms with Crippen LogP contribution in [0.4, 0.5) is 0 Å². The van der Waals surface area contributed by atoms with Gasteiger partial charge in [-0.05, 0) is 31.0 Å². The van der Waals surface area contributed by atoms with E-state index in [-0.39, 0.29) is 11.8 Å². The van der Waals surface area contributed by atoms with Crippen molar-refractivity contribution in [2.45, 2.75) is 38.6 Å². The lowest BCUT2D eigenvalue weighted by atomic mass is 9.89. The highest BCUT2D eigenvalue weighted by Crippen LogP contribution is 2.24. The van der Waals surface area contributed by atoms with Gasteiger partial charge in [-0.1, -0.05) is 42.1 Å². The van der Waals surface area contributed by atoms with E-state index in [1.165, 1.54) is 6.42 Å². The molecule has 0 bridgehead atoms. The molecule has 1 aromatic carbocycles. The van der Waals surface area contributed by atoms with Gasteiger partial charge in [0.25, 0.3) is 5.89 Å². The van der Waals surface area contributed by atoms with Crippen LogP contribution in [0.2, 0.25) is 5.02 Å². The third-order valence-electron chi connectivity index (χ3n) is 3.94. The monoisotopic (exact) mass is 319 g/mol. The molecule has 6 heteroatoms. The van der Waals surface area contributed by atoms with Gasteiger partial charge in [0, 0.05) is 16.5 Å². The van der Waals surface area contributed by atoms with Gasteiger partial charge in [-0.15, -0.1) is 0 Å². The summed E-state index contributed by atoms with van der Waals surface area (Å²) in [5.74, 6) is 1.10. The van der Waals surface area contributed by atoms with E-state index < -0.39 is 0 Å². The van der Waals surface area contributed by atoms with E-state index in [0.29, 0.717) is 23.3 Å². The average molecular weight is 320 g/mol. The number of carbonyl (C=O) groups excluding carboxylic acids is 1. The number of nitrogens with zero attached hydrogens (tertiary/aromatic N) is 2. The van der Waals surface area contributed by atoms with Gasteiger partial charge in [0.15, 0.2) is 5.82 Å². The first-order valence-corrected chi connectivity index (χ1v) is 7.96. The molecule has 1 N–H and O–H groups in total. The number of amides is 1. The minimum atomic E-state index is 0.0915. The number of nitrogens with one attached hydrogen (secondary N) is 1. The Kier molecular flexibility index (Phi) is 4.73. The van der Waals surface area contributed by atoms with E-state index in [2.05, 4.69) is 15.5 Å². The second-order valence-corrected chi connectivity index (χ2v) is 6.02. The normalized spacial score (nSPS) is 15.7. The van der Waals surface area contributed by atoms with Gasteiger partial charge >= 0.3 is 0 Å². The Hall–Kier alpha value is -1.88. The molecule has 1 aliphatic rings. The Morgan fingerprint density at radius 3 is 2.91 bits per heavy atom. The molecule has 0 aliphatic heterocycles. The lowest BCUT2D eigenvalue weighted by molar-refractivity contribution is -0.126. The Balaban J connectivity index is 1.59. The van der Waals surface area contributed by atoms with Crippen molar-refractivity contribution in [1.82, 2.24) is 15.5 Å². The fourth-order valence-electron chi connectivity index (χ4n) is 2.74. The molecule has 1 heterocycles. The summed E-state index contributed by atoms with van der Waals surface area (Å²) in [4.78, 5) is 16.4. The highest BCUT2D eigenvalue weighted by molar-refractivity contribution is 6.30. The summed E-state index contributed by atoms with van der Waals surface area (Å²) in [6.45, 7) is 0.291. The third kappa shape index (κ3) is 3.65. The quantitative estimate of drug-likeness (QED) is 0.935. The maximum atomic E-state index is 12.1. The van der Waals surface area contributed by atoms with Gasteiger partial charge < -0.3 is 9.84 Å². The Labute approximate surface area is 134 Å². The van der Waals surface area contributed by atoms with Crippen molar-refractivity contribution < 1.29 is 9.32 Å². The molecule has 3 rings (SSSR count). The molecule has 1 aliphatic carbocycles. The highest BCUT2D eigenvalue weighted by Gasteiger charge is 2.21. The molecule has 1 fully saturated rings. The Morgan fingerprint density at radius 1 is 1.32 bits per heavy atom. The van der Waals surface area contributed by atoms with Crippen molar-refractivity contribution >= 4 is 17.5 Å². The first-order chi connectivity index (χ1) is 10.7. The molecule has 22 heavy (non-hydrogen) atoms. The molecule has 0 unspecified atom stereocenters. The number of rotatable bonds is 4. The zero-order valence-electron chi connectivity index (χ0n) is 12.2. The predicted octanol–water partition coefficient (Wildman–Crippen LogP) is 3.59. The molecule has 1 amide bonds. The van der Waals surface area contributed by atoms with Crippen molar-refractivity contribution in [2.24, 2.45) is 5.92 Å². The van der Waals surface area contributed by atoms with Gasteiger partial charge in [0.05, 0.1) is 6.54 Å². The lowest BCUT2D eigenvalue weighted by Gasteiger charge is -2.20. The summed E-state index contributed by atoms with van der Waals surface area (Å²) < 4.78 is 5.21. The van der Waals surface area contributed by atoms with Crippen LogP contribution in [-0.4, -0.2) is 16.0 Å². The zero-order chi connectivity index (χ0) is 15.4. The van der Waals surface area contributed by atoms with Gasteiger partial charge in [-0.2, -0.15) is 4.98 Å². The van der Waals surface area contributed by atoms with Crippen LogP contribution in [0.15, 0.2) is 28.8 Å². The zero-order valence-corrected chi connectivity index (χ0v) is 13.0. The van der Waals surface area contributed by atoms with Crippen molar-refractivity contribution in [3.05, 3.63) is 35.1 Å². The van der Waals surface area contributed by atoms with Gasteiger partial charge in [0.2, 0.25) is 5.91 Å². The fourth-order valence-corrected chi connectivity index (χ4v) is 2.93. The van der Waals surface area contributed by atoms with Gasteiger partial charge in [-0.25, -0.2) is 0 Å². The number of carbonyl (C=O) groups is 1. The molecule has 0 spiro atoms. The fraction of sp³-hybridized carbons (Fsp3) is 0.438. The van der Waals surface area contributed by atoms with Crippen molar-refractivity contribution in [3.63, 3.8) is 0 Å². The smallest absolute Gasteiger partial charge is 0.258 e. The van der Waals surface area contributed by atoms with Crippen LogP contribution in [0.3, 0.4) is 0 Å². The molecule has 0 atom stereocenters. The Morgan fingerprint density at radius 2 is 2.14 bits per heavy atom. The average Bonchev–Trinajstić information content (AvgIpc) is 3.02. The maximum absolute atomic E-state index is 12.1. The number of aromatic nitrogens is 2. The molecule has 2 aromatic rings. The molecule has 1 aromatic heterocycles. The van der Waals surface area contributed by atoms with Crippen LogP contribution >= 0.6 is 11.6 Å². The molecular weight excluding hydrogens is 302 g/mol. The number of halogens is 1. The number of benzene rings is 1. The summed E-state index contributed by atoms with van der Waals surface area (Å²) in [6.07, 6.45) is 5.47. The summed E-state index contributed by atoms with van der Waals surface area (Å²) in [7, 11) is 0. The van der Waals surface area contributed by atoms with Crippen LogP contribution in [0.25, 0.3) is 11.5 Å².